The van der Waals surface area contributed by atoms with E-state index in [-0.39, 0.29) is 12.4 Å². The molecular formula is C26H19ClFN5O4S. The number of pyridine rings is 1. The molecule has 0 aliphatic carbocycles. The monoisotopic (exact) mass is 551 g/mol. The molecule has 0 radical (unpaired) electrons. The molecule has 9 nitrogen and oxygen atoms in total. The highest BCUT2D eigenvalue weighted by Crippen LogP contribution is 2.43. The van der Waals surface area contributed by atoms with Crippen LogP contribution in [-0.4, -0.2) is 45.8 Å². The Morgan fingerprint density at radius 1 is 1.21 bits per heavy atom. The third kappa shape index (κ3) is 4.54. The standard InChI is InChI=1S/C26H19ClFN5O4S/c1-12-29-8-15(9-30-12)32-26(34)36-11-17-6-19-23(37-17)20(28)7-21-24(19)38-25(33-21)18-5-14(27)3-13-4-16(35-2)10-31-22(13)18/h3-5,7-10,17H,6,11H2,1-2H3,(H,32,34)/t17-/m1/s1. The van der Waals surface area contributed by atoms with Crippen molar-refractivity contribution in [3.8, 4) is 22.1 Å². The van der Waals surface area contributed by atoms with Gasteiger partial charge in [-0.05, 0) is 25.1 Å². The molecule has 0 spiro atoms. The van der Waals surface area contributed by atoms with Crippen LogP contribution < -0.4 is 14.8 Å². The number of carbonyl (C=O) groups excluding carboxylic acids is 1. The van der Waals surface area contributed by atoms with E-state index in [0.29, 0.717) is 50.3 Å². The largest absolute Gasteiger partial charge is 0.495 e. The first-order valence-corrected chi connectivity index (χ1v) is 12.7. The van der Waals surface area contributed by atoms with Crippen LogP contribution in [0.5, 0.6) is 11.5 Å². The average molecular weight is 552 g/mol. The van der Waals surface area contributed by atoms with Gasteiger partial charge in [-0.15, -0.1) is 11.3 Å². The highest BCUT2D eigenvalue weighted by molar-refractivity contribution is 7.22. The summed E-state index contributed by atoms with van der Waals surface area (Å²) in [6, 6.07) is 6.80. The van der Waals surface area contributed by atoms with Crippen LogP contribution in [0.25, 0.3) is 31.7 Å². The average Bonchev–Trinajstić information content (AvgIpc) is 3.53. The second-order valence-electron chi connectivity index (χ2n) is 8.62. The topological polar surface area (TPSA) is 108 Å². The second-order valence-corrected chi connectivity index (χ2v) is 10.1. The number of aryl methyl sites for hydroxylation is 1. The van der Waals surface area contributed by atoms with Gasteiger partial charge in [0.15, 0.2) is 11.6 Å². The number of ether oxygens (including phenoxy) is 3. The number of rotatable bonds is 5. The number of fused-ring (bicyclic) bond motifs is 4. The SMILES string of the molecule is COc1cnc2c(-c3nc4cc(F)c5c(c4s3)C[C@H](COC(=O)Nc3cnc(C)nc3)O5)cc(Cl)cc2c1. The lowest BCUT2D eigenvalue weighted by molar-refractivity contribution is 0.100. The maximum absolute atomic E-state index is 15.0. The maximum atomic E-state index is 15.0. The number of aromatic nitrogens is 4. The van der Waals surface area contributed by atoms with Crippen molar-refractivity contribution in [3.05, 3.63) is 65.1 Å². The first kappa shape index (κ1) is 24.3. The number of nitrogens with zero attached hydrogens (tertiary/aromatic N) is 4. The summed E-state index contributed by atoms with van der Waals surface area (Å²) in [5.41, 5.74) is 3.04. The van der Waals surface area contributed by atoms with Gasteiger partial charge in [-0.1, -0.05) is 11.6 Å². The molecule has 0 fully saturated rings. The minimum absolute atomic E-state index is 0.0650. The number of nitrogens with one attached hydrogen (secondary N) is 1. The molecule has 4 heterocycles. The van der Waals surface area contributed by atoms with E-state index in [1.807, 2.05) is 6.07 Å². The van der Waals surface area contributed by atoms with Crippen LogP contribution in [0, 0.1) is 12.7 Å². The zero-order valence-electron chi connectivity index (χ0n) is 20.1. The van der Waals surface area contributed by atoms with E-state index in [4.69, 9.17) is 30.8 Å². The summed E-state index contributed by atoms with van der Waals surface area (Å²) >= 11 is 7.80. The van der Waals surface area contributed by atoms with E-state index in [2.05, 4.69) is 20.3 Å². The van der Waals surface area contributed by atoms with Gasteiger partial charge in [-0.2, -0.15) is 0 Å². The number of methoxy groups -OCH3 is 1. The molecule has 1 aliphatic heterocycles. The number of halogens is 2. The Hall–Kier alpha value is -4.09. The van der Waals surface area contributed by atoms with Crippen molar-refractivity contribution in [3.63, 3.8) is 0 Å². The van der Waals surface area contributed by atoms with Gasteiger partial charge in [-0.3, -0.25) is 10.3 Å². The lowest BCUT2D eigenvalue weighted by atomic mass is 10.1. The normalized spacial score (nSPS) is 14.4. The molecule has 1 N–H and O–H groups in total. The first-order chi connectivity index (χ1) is 18.4. The van der Waals surface area contributed by atoms with Gasteiger partial charge in [0, 0.05) is 34.0 Å². The van der Waals surface area contributed by atoms with Gasteiger partial charge < -0.3 is 14.2 Å². The fourth-order valence-electron chi connectivity index (χ4n) is 4.28. The molecule has 0 saturated carbocycles. The zero-order chi connectivity index (χ0) is 26.4. The van der Waals surface area contributed by atoms with Crippen LogP contribution >= 0.6 is 22.9 Å². The predicted molar refractivity (Wildman–Crippen MR) is 142 cm³/mol. The molecule has 38 heavy (non-hydrogen) atoms. The fraction of sp³-hybridized carbons (Fsp3) is 0.192. The minimum atomic E-state index is -0.681. The fourth-order valence-corrected chi connectivity index (χ4v) is 5.62. The molecule has 2 aromatic carbocycles. The Morgan fingerprint density at radius 2 is 2.03 bits per heavy atom. The van der Waals surface area contributed by atoms with E-state index in [1.54, 1.807) is 32.4 Å². The highest BCUT2D eigenvalue weighted by Gasteiger charge is 2.31. The summed E-state index contributed by atoms with van der Waals surface area (Å²) in [6.45, 7) is 1.68. The van der Waals surface area contributed by atoms with E-state index < -0.39 is 18.0 Å². The second kappa shape index (κ2) is 9.66. The molecule has 12 heteroatoms. The van der Waals surface area contributed by atoms with Gasteiger partial charge in [0.05, 0.1) is 47.1 Å². The molecule has 0 bridgehead atoms. The minimum Gasteiger partial charge on any atom is -0.495 e. The van der Waals surface area contributed by atoms with Crippen LogP contribution in [0.15, 0.2) is 42.9 Å². The number of benzene rings is 2. The molecular weight excluding hydrogens is 533 g/mol. The molecule has 3 aromatic heterocycles. The number of hydrogen-bond acceptors (Lipinski definition) is 9. The molecule has 0 saturated heterocycles. The highest BCUT2D eigenvalue weighted by atomic mass is 35.5. The first-order valence-electron chi connectivity index (χ1n) is 11.5. The Morgan fingerprint density at radius 3 is 2.82 bits per heavy atom. The van der Waals surface area contributed by atoms with Crippen molar-refractivity contribution < 1.29 is 23.4 Å². The van der Waals surface area contributed by atoms with Crippen molar-refractivity contribution >= 4 is 55.8 Å². The van der Waals surface area contributed by atoms with Crippen molar-refractivity contribution in [1.82, 2.24) is 19.9 Å². The third-order valence-electron chi connectivity index (χ3n) is 6.01. The van der Waals surface area contributed by atoms with Gasteiger partial charge in [0.2, 0.25) is 0 Å². The lowest BCUT2D eigenvalue weighted by Gasteiger charge is -2.12. The number of carbonyl (C=O) groups is 1. The molecule has 5 aromatic rings. The van der Waals surface area contributed by atoms with E-state index in [9.17, 15) is 9.18 Å². The van der Waals surface area contributed by atoms with Gasteiger partial charge >= 0.3 is 6.09 Å². The summed E-state index contributed by atoms with van der Waals surface area (Å²) in [6.07, 6.45) is 3.72. The lowest BCUT2D eigenvalue weighted by Crippen LogP contribution is -2.25. The Balaban J connectivity index is 1.25. The summed E-state index contributed by atoms with van der Waals surface area (Å²) in [4.78, 5) is 29.5. The van der Waals surface area contributed by atoms with Crippen LogP contribution in [0.1, 0.15) is 11.4 Å². The molecule has 192 valence electrons. The van der Waals surface area contributed by atoms with Crippen molar-refractivity contribution in [2.45, 2.75) is 19.4 Å². The van der Waals surface area contributed by atoms with Crippen molar-refractivity contribution in [2.24, 2.45) is 0 Å². The Kier molecular flexibility index (Phi) is 6.16. The molecule has 0 unspecified atom stereocenters. The van der Waals surface area contributed by atoms with E-state index in [0.717, 1.165) is 15.6 Å². The van der Waals surface area contributed by atoms with Crippen LogP contribution in [0.2, 0.25) is 5.02 Å². The summed E-state index contributed by atoms with van der Waals surface area (Å²) in [5.74, 6) is 0.821. The number of thiazole rings is 1. The smallest absolute Gasteiger partial charge is 0.411 e. The molecule has 1 amide bonds. The summed E-state index contributed by atoms with van der Waals surface area (Å²) in [5, 5.41) is 4.53. The summed E-state index contributed by atoms with van der Waals surface area (Å²) < 4.78 is 32.2. The molecule has 6 rings (SSSR count). The molecule has 1 aliphatic rings. The van der Waals surface area contributed by atoms with E-state index >= 15 is 0 Å². The molecule has 1 atom stereocenters. The van der Waals surface area contributed by atoms with Crippen LogP contribution in [-0.2, 0) is 11.2 Å². The van der Waals surface area contributed by atoms with Crippen molar-refractivity contribution in [2.75, 3.05) is 19.0 Å². The van der Waals surface area contributed by atoms with Crippen molar-refractivity contribution in [1.29, 1.82) is 0 Å². The number of amides is 1. The quantitative estimate of drug-likeness (QED) is 0.285. The van der Waals surface area contributed by atoms with Gasteiger partial charge in [-0.25, -0.2) is 24.1 Å². The zero-order valence-corrected chi connectivity index (χ0v) is 21.7. The van der Waals surface area contributed by atoms with E-state index in [1.165, 1.54) is 29.8 Å². The van der Waals surface area contributed by atoms with Gasteiger partial charge in [0.1, 0.15) is 29.3 Å². The number of anilines is 1. The Bertz CT molecular complexity index is 1710. The number of hydrogen-bond donors (Lipinski definition) is 1. The Labute approximate surface area is 224 Å². The third-order valence-corrected chi connectivity index (χ3v) is 7.40. The maximum Gasteiger partial charge on any atom is 0.411 e. The van der Waals surface area contributed by atoms with Crippen LogP contribution in [0.4, 0.5) is 14.9 Å². The van der Waals surface area contributed by atoms with Gasteiger partial charge in [0.25, 0.3) is 0 Å². The van der Waals surface area contributed by atoms with Crippen LogP contribution in [0.3, 0.4) is 0 Å². The summed E-state index contributed by atoms with van der Waals surface area (Å²) in [7, 11) is 1.57. The predicted octanol–water partition coefficient (Wildman–Crippen LogP) is 5.96.